The van der Waals surface area contributed by atoms with Crippen LogP contribution in [0.15, 0.2) is 57.7 Å². The average Bonchev–Trinajstić information content (AvgIpc) is 2.76. The topological polar surface area (TPSA) is 62.6 Å². The van der Waals surface area contributed by atoms with Crippen molar-refractivity contribution in [3.8, 4) is 11.3 Å². The van der Waals surface area contributed by atoms with Gasteiger partial charge in [-0.15, -0.1) is 0 Å². The van der Waals surface area contributed by atoms with Crippen LogP contribution in [-0.4, -0.2) is 37.0 Å². The first-order chi connectivity index (χ1) is 13.6. The lowest BCUT2D eigenvalue weighted by atomic mass is 10.0. The number of hydrogen-bond acceptors (Lipinski definition) is 4. The summed E-state index contributed by atoms with van der Waals surface area (Å²) in [4.78, 5) is 28.0. The zero-order valence-electron chi connectivity index (χ0n) is 16.2. The van der Waals surface area contributed by atoms with Gasteiger partial charge in [0, 0.05) is 30.3 Å². The van der Waals surface area contributed by atoms with E-state index >= 15 is 0 Å². The predicted molar refractivity (Wildman–Crippen MR) is 111 cm³/mol. The molecule has 144 valence electrons. The number of piperidine rings is 1. The summed E-state index contributed by atoms with van der Waals surface area (Å²) in [7, 11) is 1.95. The van der Waals surface area contributed by atoms with Crippen LogP contribution in [0.1, 0.15) is 28.8 Å². The van der Waals surface area contributed by atoms with E-state index in [9.17, 15) is 9.59 Å². The van der Waals surface area contributed by atoms with Gasteiger partial charge in [0.1, 0.15) is 5.76 Å². The van der Waals surface area contributed by atoms with E-state index in [2.05, 4.69) is 5.32 Å². The number of fused-ring (bicyclic) bond motifs is 1. The predicted octanol–water partition coefficient (Wildman–Crippen LogP) is 3.59. The fourth-order valence-electron chi connectivity index (χ4n) is 3.88. The van der Waals surface area contributed by atoms with Crippen molar-refractivity contribution in [3.63, 3.8) is 0 Å². The van der Waals surface area contributed by atoms with Gasteiger partial charge in [-0.05, 0) is 38.9 Å². The number of amides is 1. The fourth-order valence-corrected chi connectivity index (χ4v) is 3.88. The Morgan fingerprint density at radius 1 is 1.07 bits per heavy atom. The highest BCUT2D eigenvalue weighted by atomic mass is 16.3. The molecule has 0 atom stereocenters. The molecule has 3 aromatic rings. The first kappa shape index (κ1) is 18.4. The first-order valence-electron chi connectivity index (χ1n) is 9.68. The molecule has 0 saturated carbocycles. The summed E-state index contributed by atoms with van der Waals surface area (Å²) < 4.78 is 6.19. The van der Waals surface area contributed by atoms with E-state index in [0.29, 0.717) is 47.0 Å². The molecule has 1 fully saturated rings. The molecule has 1 saturated heterocycles. The van der Waals surface area contributed by atoms with Crippen LogP contribution in [0.25, 0.3) is 22.3 Å². The SMILES string of the molecule is CNC1CCN(C(=O)c2cccc3c(=O)c(C)c(-c4ccccc4)oc23)CC1. The van der Waals surface area contributed by atoms with E-state index < -0.39 is 0 Å². The van der Waals surface area contributed by atoms with E-state index in [1.165, 1.54) is 0 Å². The number of benzene rings is 2. The lowest BCUT2D eigenvalue weighted by Crippen LogP contribution is -2.44. The van der Waals surface area contributed by atoms with Crippen molar-refractivity contribution in [1.29, 1.82) is 0 Å². The molecule has 1 aliphatic heterocycles. The van der Waals surface area contributed by atoms with E-state index in [1.54, 1.807) is 25.1 Å². The molecule has 5 heteroatoms. The molecule has 0 aliphatic carbocycles. The van der Waals surface area contributed by atoms with Crippen molar-refractivity contribution in [2.75, 3.05) is 20.1 Å². The Morgan fingerprint density at radius 3 is 2.46 bits per heavy atom. The Morgan fingerprint density at radius 2 is 1.79 bits per heavy atom. The van der Waals surface area contributed by atoms with Gasteiger partial charge >= 0.3 is 0 Å². The van der Waals surface area contributed by atoms with E-state index in [-0.39, 0.29) is 11.3 Å². The standard InChI is InChI=1S/C23H24N2O3/c1-15-20(26)18-9-6-10-19(23(27)25-13-11-17(24-2)12-14-25)22(18)28-21(15)16-7-4-3-5-8-16/h3-10,17,24H,11-14H2,1-2H3. The smallest absolute Gasteiger partial charge is 0.257 e. The summed E-state index contributed by atoms with van der Waals surface area (Å²) in [6.45, 7) is 3.16. The largest absolute Gasteiger partial charge is 0.455 e. The number of rotatable bonds is 3. The Hall–Kier alpha value is -2.92. The van der Waals surface area contributed by atoms with Crippen molar-refractivity contribution in [1.82, 2.24) is 10.2 Å². The number of hydrogen-bond donors (Lipinski definition) is 1. The van der Waals surface area contributed by atoms with E-state index in [1.807, 2.05) is 42.3 Å². The molecule has 28 heavy (non-hydrogen) atoms. The van der Waals surface area contributed by atoms with Crippen LogP contribution in [0, 0.1) is 6.92 Å². The van der Waals surface area contributed by atoms with Gasteiger partial charge in [-0.1, -0.05) is 36.4 Å². The highest BCUT2D eigenvalue weighted by molar-refractivity contribution is 6.05. The summed E-state index contributed by atoms with van der Waals surface area (Å²) in [6, 6.07) is 15.2. The first-order valence-corrected chi connectivity index (χ1v) is 9.68. The Balaban J connectivity index is 1.81. The van der Waals surface area contributed by atoms with Gasteiger partial charge in [-0.25, -0.2) is 0 Å². The van der Waals surface area contributed by atoms with Crippen molar-refractivity contribution in [2.45, 2.75) is 25.8 Å². The molecule has 5 nitrogen and oxygen atoms in total. The maximum atomic E-state index is 13.2. The second kappa shape index (κ2) is 7.60. The molecular weight excluding hydrogens is 352 g/mol. The average molecular weight is 376 g/mol. The number of para-hydroxylation sites is 1. The van der Waals surface area contributed by atoms with Crippen LogP contribution in [0.2, 0.25) is 0 Å². The van der Waals surface area contributed by atoms with Crippen molar-refractivity contribution < 1.29 is 9.21 Å². The minimum Gasteiger partial charge on any atom is -0.455 e. The normalized spacial score (nSPS) is 15.1. The van der Waals surface area contributed by atoms with Gasteiger partial charge in [0.2, 0.25) is 0 Å². The maximum Gasteiger partial charge on any atom is 0.257 e. The molecule has 4 rings (SSSR count). The molecule has 0 spiro atoms. The van der Waals surface area contributed by atoms with E-state index in [0.717, 1.165) is 18.4 Å². The van der Waals surface area contributed by atoms with Crippen LogP contribution in [0.5, 0.6) is 0 Å². The quantitative estimate of drug-likeness (QED) is 0.759. The minimum absolute atomic E-state index is 0.0776. The monoisotopic (exact) mass is 376 g/mol. The lowest BCUT2D eigenvalue weighted by Gasteiger charge is -2.32. The molecule has 2 aromatic carbocycles. The summed E-state index contributed by atoms with van der Waals surface area (Å²) >= 11 is 0. The maximum absolute atomic E-state index is 13.2. The number of likely N-dealkylation sites (tertiary alicyclic amines) is 1. The summed E-state index contributed by atoms with van der Waals surface area (Å²) in [6.07, 6.45) is 1.84. The third-order valence-electron chi connectivity index (χ3n) is 5.60. The van der Waals surface area contributed by atoms with Crippen LogP contribution in [0.4, 0.5) is 0 Å². The third kappa shape index (κ3) is 3.22. The van der Waals surface area contributed by atoms with E-state index in [4.69, 9.17) is 4.42 Å². The van der Waals surface area contributed by atoms with Crippen LogP contribution >= 0.6 is 0 Å². The summed E-state index contributed by atoms with van der Waals surface area (Å²) in [5.74, 6) is 0.443. The minimum atomic E-state index is -0.0938. The highest BCUT2D eigenvalue weighted by Gasteiger charge is 2.25. The molecule has 0 radical (unpaired) electrons. The molecular formula is C23H24N2O3. The van der Waals surface area contributed by atoms with Gasteiger partial charge in [-0.2, -0.15) is 0 Å². The molecule has 2 heterocycles. The van der Waals surface area contributed by atoms with Gasteiger partial charge < -0.3 is 14.6 Å². The van der Waals surface area contributed by atoms with Gasteiger partial charge in [0.05, 0.1) is 10.9 Å². The highest BCUT2D eigenvalue weighted by Crippen LogP contribution is 2.28. The number of nitrogens with zero attached hydrogens (tertiary/aromatic N) is 1. The molecule has 0 bridgehead atoms. The molecule has 1 N–H and O–H groups in total. The molecule has 1 amide bonds. The van der Waals surface area contributed by atoms with Crippen molar-refractivity contribution in [3.05, 3.63) is 69.9 Å². The summed E-state index contributed by atoms with van der Waals surface area (Å²) in [5, 5.41) is 3.73. The Kier molecular flexibility index (Phi) is 5.01. The van der Waals surface area contributed by atoms with Crippen LogP contribution in [-0.2, 0) is 0 Å². The molecule has 1 aliphatic rings. The number of nitrogens with one attached hydrogen (secondary N) is 1. The van der Waals surface area contributed by atoms with Gasteiger partial charge in [-0.3, -0.25) is 9.59 Å². The van der Waals surface area contributed by atoms with Crippen LogP contribution < -0.4 is 10.7 Å². The van der Waals surface area contributed by atoms with Gasteiger partial charge in [0.25, 0.3) is 5.91 Å². The summed E-state index contributed by atoms with van der Waals surface area (Å²) in [5.41, 5.74) is 2.12. The number of carbonyl (C=O) groups excluding carboxylic acids is 1. The van der Waals surface area contributed by atoms with Crippen molar-refractivity contribution in [2.24, 2.45) is 0 Å². The number of carbonyl (C=O) groups is 1. The Bertz CT molecular complexity index is 1060. The molecule has 0 unspecified atom stereocenters. The third-order valence-corrected chi connectivity index (χ3v) is 5.60. The zero-order chi connectivity index (χ0) is 19.7. The second-order valence-corrected chi connectivity index (χ2v) is 7.29. The zero-order valence-corrected chi connectivity index (χ0v) is 16.2. The lowest BCUT2D eigenvalue weighted by molar-refractivity contribution is 0.0708. The van der Waals surface area contributed by atoms with Crippen LogP contribution in [0.3, 0.4) is 0 Å². The van der Waals surface area contributed by atoms with Gasteiger partial charge in [0.15, 0.2) is 11.0 Å². The fraction of sp³-hybridized carbons (Fsp3) is 0.304. The molecule has 1 aromatic heterocycles. The second-order valence-electron chi connectivity index (χ2n) is 7.29. The van der Waals surface area contributed by atoms with Crippen molar-refractivity contribution >= 4 is 16.9 Å². The Labute approximate surface area is 164 Å².